The van der Waals surface area contributed by atoms with Crippen molar-refractivity contribution in [1.29, 1.82) is 0 Å². The summed E-state index contributed by atoms with van der Waals surface area (Å²) in [6.07, 6.45) is -1.05. The van der Waals surface area contributed by atoms with Gasteiger partial charge in [-0.15, -0.1) is 0 Å². The van der Waals surface area contributed by atoms with Crippen molar-refractivity contribution in [1.82, 2.24) is 9.78 Å². The van der Waals surface area contributed by atoms with Crippen molar-refractivity contribution in [3.8, 4) is 5.69 Å². The smallest absolute Gasteiger partial charge is 0.344 e. The summed E-state index contributed by atoms with van der Waals surface area (Å²) in [6, 6.07) is 12.7. The molecular formula is C21H19ClFN3O3. The molecule has 1 heterocycles. The molecule has 1 aromatic heterocycles. The van der Waals surface area contributed by atoms with Gasteiger partial charge in [0.2, 0.25) is 0 Å². The summed E-state index contributed by atoms with van der Waals surface area (Å²) < 4.78 is 19.7. The van der Waals surface area contributed by atoms with Crippen LogP contribution in [-0.2, 0) is 9.53 Å². The van der Waals surface area contributed by atoms with E-state index in [0.717, 1.165) is 5.56 Å². The summed E-state index contributed by atoms with van der Waals surface area (Å²) >= 11 is 6.31. The highest BCUT2D eigenvalue weighted by atomic mass is 35.5. The first kappa shape index (κ1) is 20.5. The van der Waals surface area contributed by atoms with E-state index < -0.39 is 23.8 Å². The minimum atomic E-state index is -1.05. The third-order valence-corrected chi connectivity index (χ3v) is 4.60. The molecule has 0 fully saturated rings. The van der Waals surface area contributed by atoms with Crippen LogP contribution in [-0.4, -0.2) is 27.8 Å². The molecule has 6 nitrogen and oxygen atoms in total. The molecule has 3 aromatic rings. The summed E-state index contributed by atoms with van der Waals surface area (Å²) in [5.74, 6) is -1.64. The average Bonchev–Trinajstić information content (AvgIpc) is 2.98. The highest BCUT2D eigenvalue weighted by Crippen LogP contribution is 2.25. The number of aryl methyl sites for hydroxylation is 2. The number of nitrogens with one attached hydrogen (secondary N) is 1. The molecule has 0 aliphatic carbocycles. The zero-order chi connectivity index (χ0) is 21.1. The predicted octanol–water partition coefficient (Wildman–Crippen LogP) is 4.47. The number of anilines is 1. The number of halogens is 2. The molecule has 0 unspecified atom stereocenters. The largest absolute Gasteiger partial charge is 0.449 e. The summed E-state index contributed by atoms with van der Waals surface area (Å²) in [7, 11) is 0. The number of rotatable bonds is 5. The van der Waals surface area contributed by atoms with E-state index in [1.165, 1.54) is 35.9 Å². The maximum Gasteiger partial charge on any atom is 0.344 e. The lowest BCUT2D eigenvalue weighted by Crippen LogP contribution is -2.30. The quantitative estimate of drug-likeness (QED) is 0.624. The van der Waals surface area contributed by atoms with Crippen LogP contribution >= 0.6 is 11.6 Å². The Morgan fingerprint density at radius 2 is 1.72 bits per heavy atom. The average molecular weight is 416 g/mol. The van der Waals surface area contributed by atoms with E-state index in [1.807, 2.05) is 19.1 Å². The third-order valence-electron chi connectivity index (χ3n) is 4.25. The number of carbonyl (C=O) groups excluding carboxylic acids is 2. The van der Waals surface area contributed by atoms with Gasteiger partial charge >= 0.3 is 5.97 Å². The maximum absolute atomic E-state index is 13.1. The van der Waals surface area contributed by atoms with E-state index in [0.29, 0.717) is 17.1 Å². The van der Waals surface area contributed by atoms with E-state index >= 15 is 0 Å². The van der Waals surface area contributed by atoms with Gasteiger partial charge < -0.3 is 10.1 Å². The Bertz CT molecular complexity index is 1050. The van der Waals surface area contributed by atoms with Crippen molar-refractivity contribution in [3.05, 3.63) is 76.3 Å². The molecule has 150 valence electrons. The predicted molar refractivity (Wildman–Crippen MR) is 108 cm³/mol. The normalized spacial score (nSPS) is 11.8. The Hall–Kier alpha value is -3.19. The van der Waals surface area contributed by atoms with Crippen LogP contribution in [0.3, 0.4) is 0 Å². The van der Waals surface area contributed by atoms with Gasteiger partial charge in [0.05, 0.1) is 11.4 Å². The lowest BCUT2D eigenvalue weighted by Gasteiger charge is -2.13. The highest BCUT2D eigenvalue weighted by Gasteiger charge is 2.26. The fraction of sp³-hybridized carbons (Fsp3) is 0.190. The number of esters is 1. The second kappa shape index (κ2) is 8.45. The lowest BCUT2D eigenvalue weighted by atomic mass is 10.2. The molecule has 2 aromatic carbocycles. The molecule has 0 bridgehead atoms. The van der Waals surface area contributed by atoms with Gasteiger partial charge in [-0.2, -0.15) is 5.10 Å². The Labute approximate surface area is 172 Å². The first-order valence-corrected chi connectivity index (χ1v) is 9.23. The summed E-state index contributed by atoms with van der Waals surface area (Å²) in [5, 5.41) is 6.92. The molecule has 0 aliphatic rings. The maximum atomic E-state index is 13.1. The minimum Gasteiger partial charge on any atom is -0.449 e. The van der Waals surface area contributed by atoms with Gasteiger partial charge in [0.15, 0.2) is 6.10 Å². The van der Waals surface area contributed by atoms with E-state index in [4.69, 9.17) is 16.3 Å². The molecule has 1 atom stereocenters. The molecular weight excluding hydrogens is 397 g/mol. The summed E-state index contributed by atoms with van der Waals surface area (Å²) in [6.45, 7) is 5.00. The Morgan fingerprint density at radius 3 is 2.34 bits per heavy atom. The van der Waals surface area contributed by atoms with Crippen LogP contribution in [0, 0.1) is 19.7 Å². The fourth-order valence-electron chi connectivity index (χ4n) is 2.64. The molecule has 0 spiro atoms. The van der Waals surface area contributed by atoms with Gasteiger partial charge in [0.1, 0.15) is 16.5 Å². The SMILES string of the molecule is Cc1ccc(NC(=O)[C@H](C)OC(=O)c2c(C)nn(-c3ccc(F)cc3)c2Cl)cc1. The number of aromatic nitrogens is 2. The van der Waals surface area contributed by atoms with Crippen molar-refractivity contribution in [3.63, 3.8) is 0 Å². The Balaban J connectivity index is 1.73. The number of benzene rings is 2. The van der Waals surface area contributed by atoms with Crippen LogP contribution in [0.2, 0.25) is 5.15 Å². The molecule has 0 saturated carbocycles. The Kier molecular flexibility index (Phi) is 5.98. The number of hydrogen-bond acceptors (Lipinski definition) is 4. The molecule has 0 saturated heterocycles. The fourth-order valence-corrected chi connectivity index (χ4v) is 2.99. The van der Waals surface area contributed by atoms with Gasteiger partial charge in [0.25, 0.3) is 5.91 Å². The second-order valence-electron chi connectivity index (χ2n) is 6.54. The molecule has 29 heavy (non-hydrogen) atoms. The first-order chi connectivity index (χ1) is 13.8. The van der Waals surface area contributed by atoms with Gasteiger partial charge in [-0.25, -0.2) is 13.9 Å². The van der Waals surface area contributed by atoms with E-state index in [9.17, 15) is 14.0 Å². The van der Waals surface area contributed by atoms with Crippen molar-refractivity contribution in [2.24, 2.45) is 0 Å². The van der Waals surface area contributed by atoms with E-state index in [-0.39, 0.29) is 10.7 Å². The third kappa shape index (κ3) is 4.63. The first-order valence-electron chi connectivity index (χ1n) is 8.86. The summed E-state index contributed by atoms with van der Waals surface area (Å²) in [4.78, 5) is 24.9. The van der Waals surface area contributed by atoms with Crippen molar-refractivity contribution in [2.45, 2.75) is 26.9 Å². The zero-order valence-corrected chi connectivity index (χ0v) is 16.8. The van der Waals surface area contributed by atoms with Crippen LogP contribution in [0.25, 0.3) is 5.69 Å². The number of ether oxygens (including phenoxy) is 1. The van der Waals surface area contributed by atoms with E-state index in [2.05, 4.69) is 10.4 Å². The van der Waals surface area contributed by atoms with Crippen molar-refractivity contribution in [2.75, 3.05) is 5.32 Å². The van der Waals surface area contributed by atoms with Gasteiger partial charge in [-0.05, 0) is 57.2 Å². The molecule has 1 N–H and O–H groups in total. The molecule has 1 amide bonds. The van der Waals surface area contributed by atoms with Gasteiger partial charge in [-0.3, -0.25) is 4.79 Å². The lowest BCUT2D eigenvalue weighted by molar-refractivity contribution is -0.123. The van der Waals surface area contributed by atoms with Crippen LogP contribution in [0.15, 0.2) is 48.5 Å². The van der Waals surface area contributed by atoms with Crippen LogP contribution in [0.1, 0.15) is 28.5 Å². The molecule has 0 aliphatic heterocycles. The minimum absolute atomic E-state index is 0.0188. The molecule has 0 radical (unpaired) electrons. The number of amides is 1. The van der Waals surface area contributed by atoms with Crippen LogP contribution < -0.4 is 5.32 Å². The van der Waals surface area contributed by atoms with Crippen molar-refractivity contribution < 1.29 is 18.7 Å². The second-order valence-corrected chi connectivity index (χ2v) is 6.90. The highest BCUT2D eigenvalue weighted by molar-refractivity contribution is 6.33. The van der Waals surface area contributed by atoms with E-state index in [1.54, 1.807) is 19.1 Å². The monoisotopic (exact) mass is 415 g/mol. The van der Waals surface area contributed by atoms with Crippen molar-refractivity contribution >= 4 is 29.2 Å². The molecule has 8 heteroatoms. The number of carbonyl (C=O) groups is 2. The standard InChI is InChI=1S/C21H19ClFN3O3/c1-12-4-8-16(9-5-12)24-20(27)14(3)29-21(28)18-13(2)25-26(19(18)22)17-10-6-15(23)7-11-17/h4-11,14H,1-3H3,(H,24,27)/t14-/m0/s1. The number of nitrogens with zero attached hydrogens (tertiary/aromatic N) is 2. The van der Waals surface area contributed by atoms with Gasteiger partial charge in [-0.1, -0.05) is 29.3 Å². The molecule has 3 rings (SSSR count). The Morgan fingerprint density at radius 1 is 1.10 bits per heavy atom. The summed E-state index contributed by atoms with van der Waals surface area (Å²) in [5.41, 5.74) is 2.53. The zero-order valence-electron chi connectivity index (χ0n) is 16.1. The number of hydrogen-bond donors (Lipinski definition) is 1. The topological polar surface area (TPSA) is 73.2 Å². The van der Waals surface area contributed by atoms with Gasteiger partial charge in [0, 0.05) is 5.69 Å². The van der Waals surface area contributed by atoms with Crippen LogP contribution in [0.4, 0.5) is 10.1 Å². The van der Waals surface area contributed by atoms with Crippen LogP contribution in [0.5, 0.6) is 0 Å².